The Morgan fingerprint density at radius 2 is 1.15 bits per heavy atom. The second-order valence-electron chi connectivity index (χ2n) is 7.39. The van der Waals surface area contributed by atoms with E-state index in [0.29, 0.717) is 6.42 Å². The number of rotatable bonds is 17. The minimum Gasteiger partial charge on any atom is -0.494 e. The second-order valence-corrected chi connectivity index (χ2v) is 7.39. The number of hydrogen-bond donors (Lipinski definition) is 0. The number of ether oxygens (including phenoxy) is 1. The van der Waals surface area contributed by atoms with Crippen LogP contribution in [-0.2, 0) is 0 Å². The molecule has 1 rings (SSSR count). The number of carbonyl (C=O) groups excluding carboxylic acids is 1. The van der Waals surface area contributed by atoms with Crippen LogP contribution in [0.15, 0.2) is 24.3 Å². The first-order valence-electron chi connectivity index (χ1n) is 11.0. The molecule has 1 aromatic carbocycles. The molecule has 0 aliphatic heterocycles. The highest BCUT2D eigenvalue weighted by atomic mass is 16.5. The smallest absolute Gasteiger partial charge is 0.162 e. The third-order valence-corrected chi connectivity index (χ3v) is 5.01. The van der Waals surface area contributed by atoms with Crippen LogP contribution in [0, 0.1) is 0 Å². The summed E-state index contributed by atoms with van der Waals surface area (Å²) >= 11 is 0. The predicted octanol–water partition coefficient (Wildman–Crippen LogP) is 7.75. The zero-order chi connectivity index (χ0) is 18.9. The van der Waals surface area contributed by atoms with Gasteiger partial charge in [0, 0.05) is 12.0 Å². The summed E-state index contributed by atoms with van der Waals surface area (Å²) in [6.45, 7) is 4.94. The summed E-state index contributed by atoms with van der Waals surface area (Å²) in [5.74, 6) is 1.06. The fourth-order valence-electron chi connectivity index (χ4n) is 3.25. The van der Waals surface area contributed by atoms with Gasteiger partial charge in [-0.3, -0.25) is 4.79 Å². The van der Waals surface area contributed by atoms with Crippen LogP contribution in [0.1, 0.15) is 114 Å². The average molecular weight is 361 g/mol. The van der Waals surface area contributed by atoms with E-state index in [9.17, 15) is 4.79 Å². The molecule has 0 heterocycles. The van der Waals surface area contributed by atoms with Crippen LogP contribution in [0.25, 0.3) is 0 Å². The number of Topliss-reactive ketones (excluding diaryl/α,β-unsaturated/α-hetero) is 1. The molecule has 0 atom stereocenters. The van der Waals surface area contributed by atoms with Crippen LogP contribution < -0.4 is 4.74 Å². The van der Waals surface area contributed by atoms with Gasteiger partial charge in [-0.1, -0.05) is 90.9 Å². The highest BCUT2D eigenvalue weighted by Gasteiger charge is 2.02. The van der Waals surface area contributed by atoms with E-state index in [2.05, 4.69) is 6.92 Å². The van der Waals surface area contributed by atoms with E-state index in [4.69, 9.17) is 4.74 Å². The zero-order valence-corrected chi connectivity index (χ0v) is 17.2. The highest BCUT2D eigenvalue weighted by molar-refractivity contribution is 5.95. The standard InChI is InChI=1S/C24H40O2/c1-3-5-6-7-8-9-10-11-12-13-14-15-16-21-26-23-19-17-22(18-20-23)24(25)4-2/h17-20H,3-16,21H2,1-2H3. The number of benzene rings is 1. The van der Waals surface area contributed by atoms with Gasteiger partial charge < -0.3 is 4.74 Å². The predicted molar refractivity (Wildman–Crippen MR) is 112 cm³/mol. The van der Waals surface area contributed by atoms with E-state index >= 15 is 0 Å². The summed E-state index contributed by atoms with van der Waals surface area (Å²) in [6.07, 6.45) is 18.3. The minimum atomic E-state index is 0.188. The second kappa shape index (κ2) is 15.9. The van der Waals surface area contributed by atoms with E-state index in [1.54, 1.807) is 0 Å². The molecule has 0 saturated carbocycles. The molecule has 0 amide bonds. The maximum atomic E-state index is 11.6. The molecular formula is C24H40O2. The lowest BCUT2D eigenvalue weighted by molar-refractivity contribution is 0.0988. The normalized spacial score (nSPS) is 10.8. The Kier molecular flexibility index (Phi) is 13.9. The van der Waals surface area contributed by atoms with E-state index in [-0.39, 0.29) is 5.78 Å². The van der Waals surface area contributed by atoms with Gasteiger partial charge in [0.1, 0.15) is 5.75 Å². The molecule has 0 aliphatic rings. The van der Waals surface area contributed by atoms with Crippen LogP contribution >= 0.6 is 0 Å². The van der Waals surface area contributed by atoms with Crippen molar-refractivity contribution in [3.8, 4) is 5.75 Å². The van der Waals surface area contributed by atoms with E-state index < -0.39 is 0 Å². The summed E-state index contributed by atoms with van der Waals surface area (Å²) in [7, 11) is 0. The Morgan fingerprint density at radius 1 is 0.692 bits per heavy atom. The van der Waals surface area contributed by atoms with Gasteiger partial charge in [-0.25, -0.2) is 0 Å². The Morgan fingerprint density at radius 3 is 1.62 bits per heavy atom. The van der Waals surface area contributed by atoms with E-state index in [0.717, 1.165) is 24.3 Å². The summed E-state index contributed by atoms with van der Waals surface area (Å²) in [5.41, 5.74) is 0.779. The van der Waals surface area contributed by atoms with Crippen molar-refractivity contribution in [3.05, 3.63) is 29.8 Å². The molecule has 0 saturated heterocycles. The van der Waals surface area contributed by atoms with Gasteiger partial charge in [-0.15, -0.1) is 0 Å². The van der Waals surface area contributed by atoms with Crippen molar-refractivity contribution in [2.45, 2.75) is 104 Å². The molecular weight excluding hydrogens is 320 g/mol. The first kappa shape index (κ1) is 22.7. The lowest BCUT2D eigenvalue weighted by atomic mass is 10.0. The molecule has 0 aliphatic carbocycles. The summed E-state index contributed by atoms with van der Waals surface area (Å²) < 4.78 is 5.76. The number of ketones is 1. The molecule has 0 radical (unpaired) electrons. The lowest BCUT2D eigenvalue weighted by Crippen LogP contribution is -1.99. The first-order chi connectivity index (χ1) is 12.8. The molecule has 26 heavy (non-hydrogen) atoms. The van der Waals surface area contributed by atoms with E-state index in [1.807, 2.05) is 31.2 Å². The maximum absolute atomic E-state index is 11.6. The average Bonchev–Trinajstić information content (AvgIpc) is 2.68. The van der Waals surface area contributed by atoms with Gasteiger partial charge >= 0.3 is 0 Å². The summed E-state index contributed by atoms with van der Waals surface area (Å²) in [6, 6.07) is 7.55. The van der Waals surface area contributed by atoms with Gasteiger partial charge in [-0.2, -0.15) is 0 Å². The van der Waals surface area contributed by atoms with Crippen LogP contribution in [0.3, 0.4) is 0 Å². The molecule has 0 N–H and O–H groups in total. The van der Waals surface area contributed by atoms with Gasteiger partial charge in [0.25, 0.3) is 0 Å². The Hall–Kier alpha value is -1.31. The van der Waals surface area contributed by atoms with Gasteiger partial charge in [0.05, 0.1) is 6.61 Å². The monoisotopic (exact) mass is 360 g/mol. The van der Waals surface area contributed by atoms with Crippen molar-refractivity contribution < 1.29 is 9.53 Å². The van der Waals surface area contributed by atoms with Crippen LogP contribution in [0.4, 0.5) is 0 Å². The molecule has 2 nitrogen and oxygen atoms in total. The topological polar surface area (TPSA) is 26.3 Å². The lowest BCUT2D eigenvalue weighted by Gasteiger charge is -2.07. The fraction of sp³-hybridized carbons (Fsp3) is 0.708. The molecule has 0 unspecified atom stereocenters. The SMILES string of the molecule is CCCCCCCCCCCCCCCOc1ccc(C(=O)CC)cc1. The first-order valence-corrected chi connectivity index (χ1v) is 11.0. The van der Waals surface area contributed by atoms with Crippen molar-refractivity contribution in [2.24, 2.45) is 0 Å². The molecule has 1 aromatic rings. The highest BCUT2D eigenvalue weighted by Crippen LogP contribution is 2.15. The van der Waals surface area contributed by atoms with Gasteiger partial charge in [0.2, 0.25) is 0 Å². The summed E-state index contributed by atoms with van der Waals surface area (Å²) in [5, 5.41) is 0. The van der Waals surface area contributed by atoms with Crippen molar-refractivity contribution in [1.29, 1.82) is 0 Å². The minimum absolute atomic E-state index is 0.188. The molecule has 0 aromatic heterocycles. The number of carbonyl (C=O) groups is 1. The van der Waals surface area contributed by atoms with Crippen molar-refractivity contribution >= 4 is 5.78 Å². The van der Waals surface area contributed by atoms with Gasteiger partial charge in [-0.05, 0) is 30.7 Å². The number of unbranched alkanes of at least 4 members (excludes halogenated alkanes) is 12. The van der Waals surface area contributed by atoms with Crippen molar-refractivity contribution in [2.75, 3.05) is 6.61 Å². The Balaban J connectivity index is 1.88. The molecule has 2 heteroatoms. The maximum Gasteiger partial charge on any atom is 0.162 e. The molecule has 0 fully saturated rings. The van der Waals surface area contributed by atoms with Crippen LogP contribution in [0.2, 0.25) is 0 Å². The third kappa shape index (κ3) is 11.3. The largest absolute Gasteiger partial charge is 0.494 e. The molecule has 0 bridgehead atoms. The molecule has 148 valence electrons. The van der Waals surface area contributed by atoms with Gasteiger partial charge in [0.15, 0.2) is 5.78 Å². The quantitative estimate of drug-likeness (QED) is 0.210. The Labute approximate surface area is 161 Å². The Bertz CT molecular complexity index is 450. The zero-order valence-electron chi connectivity index (χ0n) is 17.2. The van der Waals surface area contributed by atoms with Crippen molar-refractivity contribution in [1.82, 2.24) is 0 Å². The van der Waals surface area contributed by atoms with Crippen LogP contribution in [0.5, 0.6) is 5.75 Å². The van der Waals surface area contributed by atoms with Crippen molar-refractivity contribution in [3.63, 3.8) is 0 Å². The summed E-state index contributed by atoms with van der Waals surface area (Å²) in [4.78, 5) is 11.6. The number of hydrogen-bond acceptors (Lipinski definition) is 2. The van der Waals surface area contributed by atoms with Crippen LogP contribution in [-0.4, -0.2) is 12.4 Å². The third-order valence-electron chi connectivity index (χ3n) is 5.01. The molecule has 0 spiro atoms. The van der Waals surface area contributed by atoms with E-state index in [1.165, 1.54) is 77.0 Å². The fourth-order valence-corrected chi connectivity index (χ4v) is 3.25.